The topological polar surface area (TPSA) is 84.9 Å². The average molecular weight is 329 g/mol. The summed E-state index contributed by atoms with van der Waals surface area (Å²) in [5.41, 5.74) is 0.129. The van der Waals surface area contributed by atoms with Crippen LogP contribution in [0.2, 0.25) is 0 Å². The summed E-state index contributed by atoms with van der Waals surface area (Å²) >= 11 is 0. The summed E-state index contributed by atoms with van der Waals surface area (Å²) in [5.74, 6) is -1.07. The van der Waals surface area contributed by atoms with Crippen LogP contribution < -0.4 is 5.32 Å². The van der Waals surface area contributed by atoms with Crippen molar-refractivity contribution in [2.75, 3.05) is 6.61 Å². The highest BCUT2D eigenvalue weighted by Gasteiger charge is 2.34. The summed E-state index contributed by atoms with van der Waals surface area (Å²) in [6.07, 6.45) is -0.573. The normalized spacial score (nSPS) is 15.7. The van der Waals surface area contributed by atoms with Crippen molar-refractivity contribution in [1.82, 2.24) is 5.32 Å². The number of rotatable bonds is 6. The Bertz CT molecular complexity index is 526. The molecule has 6 nitrogen and oxygen atoms in total. The second-order valence-electron chi connectivity index (χ2n) is 5.83. The minimum atomic E-state index is -4.00. The molecule has 0 bridgehead atoms. The number of carbonyl (C=O) groups is 1. The lowest BCUT2D eigenvalue weighted by Crippen LogP contribution is -2.40. The van der Waals surface area contributed by atoms with Crippen molar-refractivity contribution in [1.29, 1.82) is 0 Å². The number of nitrogens with one attached hydrogen (secondary N) is 1. The molecule has 1 aromatic carbocycles. The molecule has 1 aromatic rings. The van der Waals surface area contributed by atoms with E-state index in [1.807, 2.05) is 30.3 Å². The van der Waals surface area contributed by atoms with E-state index in [1.165, 1.54) is 0 Å². The van der Waals surface area contributed by atoms with Crippen LogP contribution in [0.25, 0.3) is 0 Å². The van der Waals surface area contributed by atoms with Gasteiger partial charge < -0.3 is 19.5 Å². The smallest absolute Gasteiger partial charge is 0.408 e. The van der Waals surface area contributed by atoms with E-state index in [1.54, 1.807) is 27.7 Å². The molecule has 124 valence electrons. The van der Waals surface area contributed by atoms with Crippen LogP contribution in [-0.4, -0.2) is 29.0 Å². The lowest BCUT2D eigenvalue weighted by atomic mass is 10.1. The summed E-state index contributed by atoms with van der Waals surface area (Å²) in [5, 5.41) is 2.45. The Hall–Kier alpha value is -1.36. The Balaban J connectivity index is 2.87. The third kappa shape index (κ3) is 6.60. The minimum Gasteiger partial charge on any atom is -0.444 e. The fourth-order valence-corrected chi connectivity index (χ4v) is 3.06. The van der Waals surface area contributed by atoms with Crippen LogP contribution in [0, 0.1) is 0 Å². The molecule has 2 N–H and O–H groups in total. The maximum atomic E-state index is 12.3. The number of carbonyl (C=O) groups excluding carboxylic acids is 1. The Kier molecular flexibility index (Phi) is 6.60. The number of hydrogen-bond acceptors (Lipinski definition) is 4. The summed E-state index contributed by atoms with van der Waals surface area (Å²) in [6.45, 7) is 6.87. The number of amides is 1. The lowest BCUT2D eigenvalue weighted by Gasteiger charge is -2.26. The van der Waals surface area contributed by atoms with Crippen molar-refractivity contribution in [2.45, 2.75) is 45.5 Å². The van der Waals surface area contributed by atoms with Gasteiger partial charge in [-0.25, -0.2) is 4.79 Å². The maximum absolute atomic E-state index is 12.3. The Morgan fingerprint density at radius 3 is 2.41 bits per heavy atom. The first-order valence-corrected chi connectivity index (χ1v) is 8.79. The van der Waals surface area contributed by atoms with Crippen LogP contribution in [-0.2, 0) is 20.2 Å². The molecular formula is C15H24NO5P. The predicted molar refractivity (Wildman–Crippen MR) is 84.8 cm³/mol. The van der Waals surface area contributed by atoms with Gasteiger partial charge in [-0.15, -0.1) is 0 Å². The molecule has 0 aliphatic heterocycles. The first-order chi connectivity index (χ1) is 10.1. The van der Waals surface area contributed by atoms with E-state index in [-0.39, 0.29) is 13.0 Å². The zero-order chi connectivity index (χ0) is 16.8. The van der Waals surface area contributed by atoms with Crippen molar-refractivity contribution < 1.29 is 23.5 Å². The number of hydrogen-bond donors (Lipinski definition) is 2. The second-order valence-corrected chi connectivity index (χ2v) is 7.84. The summed E-state index contributed by atoms with van der Waals surface area (Å²) in [7, 11) is -4.00. The molecule has 22 heavy (non-hydrogen) atoms. The zero-order valence-corrected chi connectivity index (χ0v) is 14.3. The molecule has 0 heterocycles. The van der Waals surface area contributed by atoms with Crippen molar-refractivity contribution in [3.63, 3.8) is 0 Å². The molecule has 1 rings (SSSR count). The van der Waals surface area contributed by atoms with Crippen molar-refractivity contribution in [3.05, 3.63) is 35.9 Å². The van der Waals surface area contributed by atoms with Gasteiger partial charge in [0.15, 0.2) is 0 Å². The highest BCUT2D eigenvalue weighted by Crippen LogP contribution is 2.47. The molecule has 0 radical (unpaired) electrons. The van der Waals surface area contributed by atoms with E-state index in [9.17, 15) is 14.3 Å². The fraction of sp³-hybridized carbons (Fsp3) is 0.533. The molecule has 1 amide bonds. The van der Waals surface area contributed by atoms with Gasteiger partial charge in [0.25, 0.3) is 0 Å². The summed E-state index contributed by atoms with van der Waals surface area (Å²) in [6, 6.07) is 9.12. The molecule has 0 spiro atoms. The first kappa shape index (κ1) is 18.7. The summed E-state index contributed by atoms with van der Waals surface area (Å²) in [4.78, 5) is 21.9. The van der Waals surface area contributed by atoms with Gasteiger partial charge in [0.2, 0.25) is 0 Å². The van der Waals surface area contributed by atoms with Gasteiger partial charge >= 0.3 is 13.7 Å². The second kappa shape index (κ2) is 7.77. The van der Waals surface area contributed by atoms with Crippen molar-refractivity contribution >= 4 is 13.7 Å². The molecule has 0 aliphatic carbocycles. The van der Waals surface area contributed by atoms with Crippen LogP contribution in [0.5, 0.6) is 0 Å². The van der Waals surface area contributed by atoms with Crippen LogP contribution in [0.1, 0.15) is 33.3 Å². The highest BCUT2D eigenvalue weighted by molar-refractivity contribution is 7.53. The molecule has 0 aromatic heterocycles. The SMILES string of the molecule is CCOP(=O)(O)[C@@H](Cc1ccccc1)NC(=O)OC(C)(C)C. The van der Waals surface area contributed by atoms with E-state index in [4.69, 9.17) is 9.26 Å². The predicted octanol–water partition coefficient (Wildman–Crippen LogP) is 3.30. The van der Waals surface area contributed by atoms with Gasteiger partial charge in [-0.05, 0) is 33.3 Å². The number of alkyl carbamates (subject to hydrolysis) is 1. The van der Waals surface area contributed by atoms with Gasteiger partial charge in [-0.3, -0.25) is 4.57 Å². The first-order valence-electron chi connectivity index (χ1n) is 7.14. The third-order valence-corrected chi connectivity index (χ3v) is 4.39. The van der Waals surface area contributed by atoms with Crippen LogP contribution >= 0.6 is 7.60 Å². The van der Waals surface area contributed by atoms with Crippen molar-refractivity contribution in [3.8, 4) is 0 Å². The fourth-order valence-electron chi connectivity index (χ4n) is 1.80. The Labute approximate surface area is 131 Å². The molecule has 1 unspecified atom stereocenters. The van der Waals surface area contributed by atoms with Gasteiger partial charge in [-0.2, -0.15) is 0 Å². The van der Waals surface area contributed by atoms with E-state index in [2.05, 4.69) is 5.32 Å². The lowest BCUT2D eigenvalue weighted by molar-refractivity contribution is 0.0511. The average Bonchev–Trinajstić information content (AvgIpc) is 2.37. The van der Waals surface area contributed by atoms with Crippen LogP contribution in [0.3, 0.4) is 0 Å². The monoisotopic (exact) mass is 329 g/mol. The summed E-state index contributed by atoms with van der Waals surface area (Å²) < 4.78 is 22.4. The molecule has 0 saturated heterocycles. The molecular weight excluding hydrogens is 305 g/mol. The van der Waals surface area contributed by atoms with Gasteiger partial charge in [0.1, 0.15) is 11.4 Å². The van der Waals surface area contributed by atoms with Gasteiger partial charge in [0, 0.05) is 6.42 Å². The molecule has 7 heteroatoms. The van der Waals surface area contributed by atoms with Gasteiger partial charge in [0.05, 0.1) is 6.61 Å². The molecule has 0 fully saturated rings. The van der Waals surface area contributed by atoms with E-state index < -0.39 is 25.1 Å². The number of benzene rings is 1. The standard InChI is InChI=1S/C15H24NO5P/c1-5-20-22(18,19)13(11-12-9-7-6-8-10-12)16-14(17)21-15(2,3)4/h6-10,13H,5,11H2,1-4H3,(H,16,17)(H,18,19)/t13-/m0/s1. The minimum absolute atomic E-state index is 0.0784. The molecule has 2 atom stereocenters. The van der Waals surface area contributed by atoms with Crippen molar-refractivity contribution in [2.24, 2.45) is 0 Å². The number of ether oxygens (including phenoxy) is 1. The Morgan fingerprint density at radius 1 is 1.32 bits per heavy atom. The third-order valence-electron chi connectivity index (χ3n) is 2.66. The van der Waals surface area contributed by atoms with E-state index in [0.717, 1.165) is 5.56 Å². The molecule has 0 aliphatic rings. The Morgan fingerprint density at radius 2 is 1.91 bits per heavy atom. The zero-order valence-electron chi connectivity index (χ0n) is 13.4. The molecule has 0 saturated carbocycles. The quantitative estimate of drug-likeness (QED) is 0.782. The largest absolute Gasteiger partial charge is 0.444 e. The van der Waals surface area contributed by atoms with E-state index in [0.29, 0.717) is 0 Å². The maximum Gasteiger partial charge on any atom is 0.408 e. The van der Waals surface area contributed by atoms with Crippen LogP contribution in [0.4, 0.5) is 4.79 Å². The van der Waals surface area contributed by atoms with E-state index >= 15 is 0 Å². The van der Waals surface area contributed by atoms with Crippen LogP contribution in [0.15, 0.2) is 30.3 Å². The van der Waals surface area contributed by atoms with Gasteiger partial charge in [-0.1, -0.05) is 30.3 Å². The highest BCUT2D eigenvalue weighted by atomic mass is 31.2.